The first-order valence-electron chi connectivity index (χ1n) is 8.25. The van der Waals surface area contributed by atoms with E-state index in [4.69, 9.17) is 9.47 Å². The van der Waals surface area contributed by atoms with Crippen LogP contribution >= 0.6 is 0 Å². The number of rotatable bonds is 13. The summed E-state index contributed by atoms with van der Waals surface area (Å²) < 4.78 is 10.1. The lowest BCUT2D eigenvalue weighted by Gasteiger charge is -2.02. The lowest BCUT2D eigenvalue weighted by molar-refractivity contribution is -0.144. The van der Waals surface area contributed by atoms with Crippen molar-refractivity contribution in [3.8, 4) is 0 Å². The van der Waals surface area contributed by atoms with Gasteiger partial charge in [0.15, 0.2) is 0 Å². The van der Waals surface area contributed by atoms with E-state index in [0.29, 0.717) is 13.0 Å². The first-order valence-corrected chi connectivity index (χ1v) is 8.25. The Morgan fingerprint density at radius 3 is 2.45 bits per heavy atom. The molecule has 1 fully saturated rings. The van der Waals surface area contributed by atoms with Crippen molar-refractivity contribution in [2.45, 2.75) is 77.2 Å². The Bertz CT molecular complexity index is 269. The zero-order valence-electron chi connectivity index (χ0n) is 12.9. The molecule has 0 N–H and O–H groups in total. The number of epoxide rings is 1. The van der Waals surface area contributed by atoms with E-state index in [1.807, 2.05) is 0 Å². The summed E-state index contributed by atoms with van der Waals surface area (Å²) in [6.45, 7) is 3.42. The smallest absolute Gasteiger partial charge is 0.305 e. The molecule has 0 aromatic rings. The fourth-order valence-corrected chi connectivity index (χ4v) is 2.04. The molecule has 1 unspecified atom stereocenters. The largest absolute Gasteiger partial charge is 0.463 e. The molecule has 1 aliphatic heterocycles. The van der Waals surface area contributed by atoms with Crippen LogP contribution in [0.3, 0.4) is 0 Å². The van der Waals surface area contributed by atoms with E-state index in [2.05, 4.69) is 19.1 Å². The zero-order valence-corrected chi connectivity index (χ0v) is 12.9. The molecule has 1 rings (SSSR count). The SMILES string of the molecule is CCCCC=CCCCCCCCC(=O)OCC1CO1. The third-order valence-corrected chi connectivity index (χ3v) is 3.48. The summed E-state index contributed by atoms with van der Waals surface area (Å²) in [5.74, 6) is -0.0700. The molecule has 3 nitrogen and oxygen atoms in total. The second-order valence-electron chi connectivity index (χ2n) is 5.56. The topological polar surface area (TPSA) is 38.8 Å². The van der Waals surface area contributed by atoms with E-state index < -0.39 is 0 Å². The first kappa shape index (κ1) is 17.2. The van der Waals surface area contributed by atoms with E-state index in [1.54, 1.807) is 0 Å². The number of carbonyl (C=O) groups is 1. The average molecular weight is 282 g/mol. The second kappa shape index (κ2) is 12.0. The summed E-state index contributed by atoms with van der Waals surface area (Å²) in [7, 11) is 0. The lowest BCUT2D eigenvalue weighted by Crippen LogP contribution is -2.09. The Hall–Kier alpha value is -0.830. The predicted molar refractivity (Wildman–Crippen MR) is 81.7 cm³/mol. The number of hydrogen-bond donors (Lipinski definition) is 0. The molecule has 0 aromatic heterocycles. The molecule has 1 heterocycles. The van der Waals surface area contributed by atoms with Gasteiger partial charge in [-0.3, -0.25) is 4.79 Å². The Morgan fingerprint density at radius 2 is 1.75 bits per heavy atom. The number of esters is 1. The summed E-state index contributed by atoms with van der Waals surface area (Å²) >= 11 is 0. The van der Waals surface area contributed by atoms with Crippen LogP contribution in [0.1, 0.15) is 71.1 Å². The molecule has 116 valence electrons. The number of carbonyl (C=O) groups excluding carboxylic acids is 1. The van der Waals surface area contributed by atoms with Crippen LogP contribution in [0.25, 0.3) is 0 Å². The number of hydrogen-bond acceptors (Lipinski definition) is 3. The van der Waals surface area contributed by atoms with E-state index in [0.717, 1.165) is 19.4 Å². The molecule has 0 amide bonds. The van der Waals surface area contributed by atoms with Gasteiger partial charge in [0.2, 0.25) is 0 Å². The van der Waals surface area contributed by atoms with Crippen molar-refractivity contribution in [1.82, 2.24) is 0 Å². The minimum atomic E-state index is -0.0700. The van der Waals surface area contributed by atoms with Gasteiger partial charge in [0.05, 0.1) is 6.61 Å². The van der Waals surface area contributed by atoms with Gasteiger partial charge in [-0.05, 0) is 25.7 Å². The maximum atomic E-state index is 11.3. The zero-order chi connectivity index (χ0) is 14.5. The molecule has 1 atom stereocenters. The van der Waals surface area contributed by atoms with Crippen LogP contribution < -0.4 is 0 Å². The monoisotopic (exact) mass is 282 g/mol. The van der Waals surface area contributed by atoms with E-state index in [1.165, 1.54) is 44.9 Å². The highest BCUT2D eigenvalue weighted by molar-refractivity contribution is 5.69. The van der Waals surface area contributed by atoms with Crippen LogP contribution in [0.15, 0.2) is 12.2 Å². The van der Waals surface area contributed by atoms with Gasteiger partial charge in [-0.15, -0.1) is 0 Å². The van der Waals surface area contributed by atoms with Crippen molar-refractivity contribution >= 4 is 5.97 Å². The van der Waals surface area contributed by atoms with Gasteiger partial charge >= 0.3 is 5.97 Å². The van der Waals surface area contributed by atoms with Gasteiger partial charge in [-0.25, -0.2) is 0 Å². The maximum absolute atomic E-state index is 11.3. The standard InChI is InChI=1S/C17H30O3/c1-2-3-4-5-6-7-8-9-10-11-12-13-17(18)20-15-16-14-19-16/h5-6,16H,2-4,7-15H2,1H3. The molecule has 0 bridgehead atoms. The van der Waals surface area contributed by atoms with Crippen LogP contribution in [0, 0.1) is 0 Å². The Morgan fingerprint density at radius 1 is 1.10 bits per heavy atom. The van der Waals surface area contributed by atoms with Gasteiger partial charge in [0.1, 0.15) is 12.7 Å². The fraction of sp³-hybridized carbons (Fsp3) is 0.824. The molecule has 0 aromatic carbocycles. The Balaban J connectivity index is 1.75. The Labute approximate surface area is 123 Å². The number of ether oxygens (including phenoxy) is 2. The minimum absolute atomic E-state index is 0.0700. The van der Waals surface area contributed by atoms with Crippen LogP contribution in [0.5, 0.6) is 0 Å². The number of allylic oxidation sites excluding steroid dienone is 2. The fourth-order valence-electron chi connectivity index (χ4n) is 2.04. The molecular formula is C17H30O3. The average Bonchev–Trinajstić information content (AvgIpc) is 3.27. The Kier molecular flexibility index (Phi) is 10.3. The van der Waals surface area contributed by atoms with Crippen molar-refractivity contribution in [3.05, 3.63) is 12.2 Å². The highest BCUT2D eigenvalue weighted by Gasteiger charge is 2.23. The first-order chi connectivity index (χ1) is 9.83. The van der Waals surface area contributed by atoms with Crippen molar-refractivity contribution in [2.24, 2.45) is 0 Å². The summed E-state index contributed by atoms with van der Waals surface area (Å²) in [5.41, 5.74) is 0. The number of unbranched alkanes of at least 4 members (excludes halogenated alkanes) is 7. The van der Waals surface area contributed by atoms with Gasteiger partial charge in [0.25, 0.3) is 0 Å². The molecule has 1 aliphatic rings. The molecule has 3 heteroatoms. The van der Waals surface area contributed by atoms with Gasteiger partial charge in [-0.1, -0.05) is 51.2 Å². The third-order valence-electron chi connectivity index (χ3n) is 3.48. The van der Waals surface area contributed by atoms with E-state index in [-0.39, 0.29) is 12.1 Å². The highest BCUT2D eigenvalue weighted by atomic mass is 16.6. The van der Waals surface area contributed by atoms with Crippen molar-refractivity contribution < 1.29 is 14.3 Å². The summed E-state index contributed by atoms with van der Waals surface area (Å²) in [5, 5.41) is 0. The predicted octanol–water partition coefficient (Wildman–Crippen LogP) is 4.41. The van der Waals surface area contributed by atoms with E-state index >= 15 is 0 Å². The van der Waals surface area contributed by atoms with Crippen molar-refractivity contribution in [1.29, 1.82) is 0 Å². The summed E-state index contributed by atoms with van der Waals surface area (Å²) in [4.78, 5) is 11.3. The third kappa shape index (κ3) is 11.0. The van der Waals surface area contributed by atoms with Crippen LogP contribution in [0.4, 0.5) is 0 Å². The molecule has 0 aliphatic carbocycles. The molecule has 20 heavy (non-hydrogen) atoms. The lowest BCUT2D eigenvalue weighted by atomic mass is 10.1. The molecule has 0 saturated carbocycles. The van der Waals surface area contributed by atoms with E-state index in [9.17, 15) is 4.79 Å². The van der Waals surface area contributed by atoms with Crippen molar-refractivity contribution in [2.75, 3.05) is 13.2 Å². The molecule has 1 saturated heterocycles. The van der Waals surface area contributed by atoms with Crippen LogP contribution in [-0.4, -0.2) is 25.3 Å². The maximum Gasteiger partial charge on any atom is 0.305 e. The van der Waals surface area contributed by atoms with Gasteiger partial charge in [0, 0.05) is 6.42 Å². The second-order valence-corrected chi connectivity index (χ2v) is 5.56. The van der Waals surface area contributed by atoms with Crippen LogP contribution in [0.2, 0.25) is 0 Å². The molecule has 0 spiro atoms. The van der Waals surface area contributed by atoms with Crippen LogP contribution in [-0.2, 0) is 14.3 Å². The quantitative estimate of drug-likeness (QED) is 0.217. The highest BCUT2D eigenvalue weighted by Crippen LogP contribution is 2.11. The van der Waals surface area contributed by atoms with Gasteiger partial charge in [-0.2, -0.15) is 0 Å². The minimum Gasteiger partial charge on any atom is -0.463 e. The summed E-state index contributed by atoms with van der Waals surface area (Å²) in [6, 6.07) is 0. The molecular weight excluding hydrogens is 252 g/mol. The molecule has 0 radical (unpaired) electrons. The normalized spacial score (nSPS) is 17.6. The van der Waals surface area contributed by atoms with Gasteiger partial charge < -0.3 is 9.47 Å². The van der Waals surface area contributed by atoms with Crippen molar-refractivity contribution in [3.63, 3.8) is 0 Å². The summed E-state index contributed by atoms with van der Waals surface area (Å²) in [6.07, 6.45) is 16.2.